The summed E-state index contributed by atoms with van der Waals surface area (Å²) in [5.41, 5.74) is 2.60. The third kappa shape index (κ3) is 3.09. The number of rotatable bonds is 3. The Bertz CT molecular complexity index is 1060. The van der Waals surface area contributed by atoms with Gasteiger partial charge in [-0.1, -0.05) is 36.4 Å². The van der Waals surface area contributed by atoms with Crippen LogP contribution < -0.4 is 14.8 Å². The molecule has 0 bridgehead atoms. The number of pyridine rings is 1. The van der Waals surface area contributed by atoms with E-state index in [1.807, 2.05) is 49.4 Å². The Kier molecular flexibility index (Phi) is 4.53. The van der Waals surface area contributed by atoms with Gasteiger partial charge in [-0.05, 0) is 30.7 Å². The molecule has 1 aromatic heterocycles. The molecule has 0 spiro atoms. The SMILES string of the molecule is Cc1ccccc1NC(=O)[C@H]1c2cccc[n+]2CC(=O)N1c1ccccc1O. The Labute approximate surface area is 162 Å². The summed E-state index contributed by atoms with van der Waals surface area (Å²) >= 11 is 0. The molecule has 4 rings (SSSR count). The van der Waals surface area contributed by atoms with E-state index in [9.17, 15) is 14.7 Å². The second kappa shape index (κ2) is 7.15. The number of para-hydroxylation sites is 3. The number of phenols is 1. The fourth-order valence-corrected chi connectivity index (χ4v) is 3.49. The molecule has 28 heavy (non-hydrogen) atoms. The number of anilines is 2. The van der Waals surface area contributed by atoms with E-state index in [4.69, 9.17) is 0 Å². The molecule has 2 heterocycles. The van der Waals surface area contributed by atoms with Crippen molar-refractivity contribution in [3.63, 3.8) is 0 Å². The first-order valence-electron chi connectivity index (χ1n) is 9.01. The van der Waals surface area contributed by atoms with Crippen LogP contribution in [0.4, 0.5) is 11.4 Å². The van der Waals surface area contributed by atoms with Crippen LogP contribution >= 0.6 is 0 Å². The fraction of sp³-hybridized carbons (Fsp3) is 0.136. The van der Waals surface area contributed by atoms with Crippen LogP contribution in [0.5, 0.6) is 5.75 Å². The number of amides is 2. The smallest absolute Gasteiger partial charge is 0.294 e. The number of hydrogen-bond acceptors (Lipinski definition) is 3. The highest BCUT2D eigenvalue weighted by Crippen LogP contribution is 2.35. The number of aromatic hydroxyl groups is 1. The number of aromatic nitrogens is 1. The van der Waals surface area contributed by atoms with Gasteiger partial charge in [0.15, 0.2) is 6.20 Å². The number of benzene rings is 2. The van der Waals surface area contributed by atoms with Gasteiger partial charge in [0.1, 0.15) is 5.75 Å². The topological polar surface area (TPSA) is 73.5 Å². The first-order chi connectivity index (χ1) is 13.6. The molecule has 0 radical (unpaired) electrons. The molecule has 6 heteroatoms. The summed E-state index contributed by atoms with van der Waals surface area (Å²) < 4.78 is 1.76. The van der Waals surface area contributed by atoms with Gasteiger partial charge in [0.05, 0.1) is 5.69 Å². The Morgan fingerprint density at radius 1 is 1.07 bits per heavy atom. The first-order valence-corrected chi connectivity index (χ1v) is 9.01. The minimum absolute atomic E-state index is 0.0473. The minimum atomic E-state index is -0.907. The third-order valence-corrected chi connectivity index (χ3v) is 4.88. The maximum atomic E-state index is 13.3. The van der Waals surface area contributed by atoms with Crippen LogP contribution in [-0.4, -0.2) is 16.9 Å². The summed E-state index contributed by atoms with van der Waals surface area (Å²) in [6, 6.07) is 18.6. The molecule has 0 aliphatic carbocycles. The average molecular weight is 374 g/mol. The van der Waals surface area contributed by atoms with Crippen molar-refractivity contribution in [1.82, 2.24) is 0 Å². The molecule has 2 amide bonds. The molecule has 1 atom stereocenters. The molecule has 0 saturated heterocycles. The van der Waals surface area contributed by atoms with Crippen molar-refractivity contribution in [3.05, 3.63) is 84.2 Å². The summed E-state index contributed by atoms with van der Waals surface area (Å²) in [5.74, 6) is -0.658. The summed E-state index contributed by atoms with van der Waals surface area (Å²) in [5, 5.41) is 13.3. The summed E-state index contributed by atoms with van der Waals surface area (Å²) in [6.45, 7) is 2.00. The second-order valence-electron chi connectivity index (χ2n) is 6.71. The lowest BCUT2D eigenvalue weighted by Gasteiger charge is -2.32. The molecule has 2 N–H and O–H groups in total. The van der Waals surface area contributed by atoms with Gasteiger partial charge in [-0.3, -0.25) is 14.5 Å². The van der Waals surface area contributed by atoms with Crippen LogP contribution in [0.15, 0.2) is 72.9 Å². The van der Waals surface area contributed by atoms with Gasteiger partial charge in [-0.25, -0.2) is 0 Å². The van der Waals surface area contributed by atoms with Crippen molar-refractivity contribution in [2.45, 2.75) is 19.5 Å². The molecular formula is C22H20N3O3+. The lowest BCUT2D eigenvalue weighted by atomic mass is 10.0. The number of nitrogens with zero attached hydrogens (tertiary/aromatic N) is 2. The number of aryl methyl sites for hydroxylation is 1. The van der Waals surface area contributed by atoms with Crippen molar-refractivity contribution in [3.8, 4) is 5.75 Å². The maximum absolute atomic E-state index is 13.3. The lowest BCUT2D eigenvalue weighted by Crippen LogP contribution is -2.58. The van der Waals surface area contributed by atoms with Crippen LogP contribution in [0.3, 0.4) is 0 Å². The highest BCUT2D eigenvalue weighted by atomic mass is 16.3. The number of hydrogen-bond donors (Lipinski definition) is 2. The van der Waals surface area contributed by atoms with Gasteiger partial charge in [-0.2, -0.15) is 4.57 Å². The summed E-state index contributed by atoms with van der Waals surface area (Å²) in [6.07, 6.45) is 1.78. The molecule has 3 aromatic rings. The van der Waals surface area contributed by atoms with Gasteiger partial charge >= 0.3 is 0 Å². The van der Waals surface area contributed by atoms with Gasteiger partial charge in [-0.15, -0.1) is 0 Å². The molecular weight excluding hydrogens is 354 g/mol. The predicted molar refractivity (Wildman–Crippen MR) is 105 cm³/mol. The molecule has 2 aromatic carbocycles. The zero-order chi connectivity index (χ0) is 19.7. The van der Waals surface area contributed by atoms with E-state index in [-0.39, 0.29) is 24.1 Å². The quantitative estimate of drug-likeness (QED) is 0.693. The summed E-state index contributed by atoms with van der Waals surface area (Å²) in [4.78, 5) is 27.7. The minimum Gasteiger partial charge on any atom is -0.506 e. The zero-order valence-corrected chi connectivity index (χ0v) is 15.4. The van der Waals surface area contributed by atoms with E-state index in [0.717, 1.165) is 5.56 Å². The maximum Gasteiger partial charge on any atom is 0.294 e. The highest BCUT2D eigenvalue weighted by Gasteiger charge is 2.44. The number of carbonyl (C=O) groups excluding carboxylic acids is 2. The zero-order valence-electron chi connectivity index (χ0n) is 15.4. The van der Waals surface area contributed by atoms with Crippen molar-refractivity contribution in [2.24, 2.45) is 0 Å². The number of nitrogens with one attached hydrogen (secondary N) is 1. The average Bonchev–Trinajstić information content (AvgIpc) is 2.69. The fourth-order valence-electron chi connectivity index (χ4n) is 3.49. The van der Waals surface area contributed by atoms with Gasteiger partial charge in [0, 0.05) is 17.8 Å². The van der Waals surface area contributed by atoms with E-state index in [1.54, 1.807) is 29.0 Å². The second-order valence-corrected chi connectivity index (χ2v) is 6.71. The molecule has 0 unspecified atom stereocenters. The Hall–Kier alpha value is -3.67. The van der Waals surface area contributed by atoms with Gasteiger partial charge in [0.2, 0.25) is 18.3 Å². The largest absolute Gasteiger partial charge is 0.506 e. The molecule has 1 aliphatic heterocycles. The van der Waals surface area contributed by atoms with Crippen LogP contribution in [0, 0.1) is 6.92 Å². The van der Waals surface area contributed by atoms with E-state index >= 15 is 0 Å². The van der Waals surface area contributed by atoms with E-state index in [2.05, 4.69) is 5.32 Å². The molecule has 0 fully saturated rings. The van der Waals surface area contributed by atoms with Crippen LogP contribution in [0.1, 0.15) is 17.3 Å². The Balaban J connectivity index is 1.81. The normalized spacial score (nSPS) is 15.8. The summed E-state index contributed by atoms with van der Waals surface area (Å²) in [7, 11) is 0. The standard InChI is InChI=1S/C22H19N3O3/c1-15-8-2-3-9-16(15)23-22(28)21-18-11-6-7-13-24(18)14-20(27)25(21)17-10-4-5-12-19(17)26/h2-13,21H,14H2,1H3,(H-,23,26,28)/p+1/t21-/m1/s1. The highest BCUT2D eigenvalue weighted by molar-refractivity contribution is 6.06. The predicted octanol–water partition coefficient (Wildman–Crippen LogP) is 2.71. The number of carbonyl (C=O) groups is 2. The van der Waals surface area contributed by atoms with E-state index in [0.29, 0.717) is 17.1 Å². The Morgan fingerprint density at radius 2 is 1.79 bits per heavy atom. The molecule has 0 saturated carbocycles. The van der Waals surface area contributed by atoms with E-state index in [1.165, 1.54) is 11.0 Å². The van der Waals surface area contributed by atoms with Crippen molar-refractivity contribution in [1.29, 1.82) is 0 Å². The molecule has 140 valence electrons. The monoisotopic (exact) mass is 374 g/mol. The van der Waals surface area contributed by atoms with Crippen molar-refractivity contribution >= 4 is 23.2 Å². The molecule has 1 aliphatic rings. The number of phenolic OH excluding ortho intramolecular Hbond substituents is 1. The lowest BCUT2D eigenvalue weighted by molar-refractivity contribution is -0.695. The number of fused-ring (bicyclic) bond motifs is 1. The molecule has 6 nitrogen and oxygen atoms in total. The van der Waals surface area contributed by atoms with Crippen molar-refractivity contribution < 1.29 is 19.3 Å². The van der Waals surface area contributed by atoms with Gasteiger partial charge in [0.25, 0.3) is 11.8 Å². The van der Waals surface area contributed by atoms with Crippen LogP contribution in [-0.2, 0) is 16.1 Å². The Morgan fingerprint density at radius 3 is 2.57 bits per heavy atom. The van der Waals surface area contributed by atoms with Gasteiger partial charge < -0.3 is 10.4 Å². The van der Waals surface area contributed by atoms with E-state index < -0.39 is 6.04 Å². The first kappa shape index (κ1) is 17.7. The van der Waals surface area contributed by atoms with Crippen LogP contribution in [0.2, 0.25) is 0 Å². The third-order valence-electron chi connectivity index (χ3n) is 4.88. The van der Waals surface area contributed by atoms with Crippen LogP contribution in [0.25, 0.3) is 0 Å². The van der Waals surface area contributed by atoms with Crippen molar-refractivity contribution in [2.75, 3.05) is 10.2 Å².